The van der Waals surface area contributed by atoms with Crippen LogP contribution >= 0.6 is 0 Å². The Labute approximate surface area is 98.9 Å². The van der Waals surface area contributed by atoms with Gasteiger partial charge in [-0.3, -0.25) is 14.8 Å². The minimum atomic E-state index is -0.471. The summed E-state index contributed by atoms with van der Waals surface area (Å²) in [6.07, 6.45) is 3.57. The fraction of sp³-hybridized carbons (Fsp3) is 0.700. The van der Waals surface area contributed by atoms with Crippen molar-refractivity contribution in [1.82, 2.24) is 15.1 Å². The monoisotopic (exact) mass is 240 g/mol. The van der Waals surface area contributed by atoms with Gasteiger partial charge in [-0.05, 0) is 19.4 Å². The highest BCUT2D eigenvalue weighted by molar-refractivity contribution is 5.38. The molecule has 2 rings (SSSR count). The van der Waals surface area contributed by atoms with Crippen LogP contribution in [0, 0.1) is 16.0 Å². The molecule has 1 N–H and O–H groups in total. The van der Waals surface area contributed by atoms with Gasteiger partial charge >= 0.3 is 11.6 Å². The maximum atomic E-state index is 10.7. The Morgan fingerprint density at radius 1 is 1.76 bits per heavy atom. The summed E-state index contributed by atoms with van der Waals surface area (Å²) in [4.78, 5) is 10.3. The number of hydrogen-bond donors (Lipinski definition) is 1. The van der Waals surface area contributed by atoms with E-state index in [1.807, 2.05) is 0 Å². The zero-order chi connectivity index (χ0) is 12.3. The number of nitrogens with zero attached hydrogens (tertiary/aromatic N) is 3. The Morgan fingerprint density at radius 2 is 2.59 bits per heavy atom. The Hall–Kier alpha value is -1.63. The third-order valence-corrected chi connectivity index (χ3v) is 2.83. The van der Waals surface area contributed by atoms with Crippen molar-refractivity contribution in [2.75, 3.05) is 19.7 Å². The van der Waals surface area contributed by atoms with Crippen LogP contribution in [0.3, 0.4) is 0 Å². The number of nitrogens with one attached hydrogen (secondary N) is 1. The van der Waals surface area contributed by atoms with Crippen molar-refractivity contribution in [2.24, 2.45) is 13.0 Å². The van der Waals surface area contributed by atoms with Crippen LogP contribution in [0.25, 0.3) is 0 Å². The highest BCUT2D eigenvalue weighted by Gasteiger charge is 2.22. The lowest BCUT2D eigenvalue weighted by Crippen LogP contribution is -2.33. The molecule has 0 aromatic carbocycles. The van der Waals surface area contributed by atoms with Gasteiger partial charge in [-0.25, -0.2) is 0 Å². The molecule has 17 heavy (non-hydrogen) atoms. The first-order valence-electron chi connectivity index (χ1n) is 5.68. The van der Waals surface area contributed by atoms with Gasteiger partial charge in [-0.2, -0.15) is 0 Å². The van der Waals surface area contributed by atoms with Crippen LogP contribution < -0.4 is 10.1 Å². The maximum absolute atomic E-state index is 10.7. The Bertz CT molecular complexity index is 398. The molecular weight excluding hydrogens is 224 g/mol. The molecule has 1 aliphatic rings. The van der Waals surface area contributed by atoms with Gasteiger partial charge in [0.25, 0.3) is 0 Å². The Balaban J connectivity index is 1.95. The Morgan fingerprint density at radius 3 is 3.24 bits per heavy atom. The summed E-state index contributed by atoms with van der Waals surface area (Å²) in [5.41, 5.74) is -0.0729. The van der Waals surface area contributed by atoms with E-state index >= 15 is 0 Å². The van der Waals surface area contributed by atoms with Gasteiger partial charge in [-0.15, -0.1) is 5.10 Å². The molecule has 1 saturated heterocycles. The first kappa shape index (κ1) is 11.8. The molecule has 1 unspecified atom stereocenters. The standard InChI is InChI=1S/C10H16N4O3/c1-13-6-9(14(15)16)10(12-13)17-7-8-3-2-4-11-5-8/h6,8,11H,2-5,7H2,1H3. The summed E-state index contributed by atoms with van der Waals surface area (Å²) >= 11 is 0. The van der Waals surface area contributed by atoms with E-state index in [9.17, 15) is 10.1 Å². The topological polar surface area (TPSA) is 82.2 Å². The summed E-state index contributed by atoms with van der Waals surface area (Å²) in [5, 5.41) is 18.0. The van der Waals surface area contributed by atoms with Gasteiger partial charge in [0, 0.05) is 19.5 Å². The van der Waals surface area contributed by atoms with Crippen molar-refractivity contribution < 1.29 is 9.66 Å². The van der Waals surface area contributed by atoms with Crippen LogP contribution in [0.5, 0.6) is 5.88 Å². The van der Waals surface area contributed by atoms with Crippen LogP contribution in [-0.4, -0.2) is 34.4 Å². The molecule has 0 spiro atoms. The number of piperidine rings is 1. The zero-order valence-corrected chi connectivity index (χ0v) is 9.76. The molecule has 0 bridgehead atoms. The van der Waals surface area contributed by atoms with Gasteiger partial charge in [-0.1, -0.05) is 0 Å². The number of aryl methyl sites for hydroxylation is 1. The third-order valence-electron chi connectivity index (χ3n) is 2.83. The number of rotatable bonds is 4. The number of hydrogen-bond acceptors (Lipinski definition) is 5. The molecule has 0 radical (unpaired) electrons. The van der Waals surface area contributed by atoms with Gasteiger partial charge in [0.05, 0.1) is 11.5 Å². The van der Waals surface area contributed by atoms with Crippen LogP contribution in [0.1, 0.15) is 12.8 Å². The SMILES string of the molecule is Cn1cc([N+](=O)[O-])c(OCC2CCCNC2)n1. The smallest absolute Gasteiger partial charge is 0.350 e. The van der Waals surface area contributed by atoms with E-state index in [-0.39, 0.29) is 11.6 Å². The van der Waals surface area contributed by atoms with E-state index in [4.69, 9.17) is 4.74 Å². The number of aromatic nitrogens is 2. The van der Waals surface area contributed by atoms with E-state index in [2.05, 4.69) is 10.4 Å². The van der Waals surface area contributed by atoms with E-state index in [0.717, 1.165) is 25.9 Å². The van der Waals surface area contributed by atoms with Crippen LogP contribution in [0.4, 0.5) is 5.69 Å². The minimum absolute atomic E-state index is 0.0729. The molecule has 7 heteroatoms. The second-order valence-electron chi connectivity index (χ2n) is 4.27. The molecule has 0 aliphatic carbocycles. The van der Waals surface area contributed by atoms with E-state index in [1.165, 1.54) is 10.9 Å². The van der Waals surface area contributed by atoms with Crippen molar-refractivity contribution >= 4 is 5.69 Å². The van der Waals surface area contributed by atoms with Crippen molar-refractivity contribution in [3.63, 3.8) is 0 Å². The van der Waals surface area contributed by atoms with Gasteiger partial charge < -0.3 is 10.1 Å². The molecule has 1 aromatic heterocycles. The molecule has 1 aliphatic heterocycles. The quantitative estimate of drug-likeness (QED) is 0.619. The summed E-state index contributed by atoms with van der Waals surface area (Å²) in [7, 11) is 1.64. The summed E-state index contributed by atoms with van der Waals surface area (Å²) in [6.45, 7) is 2.42. The van der Waals surface area contributed by atoms with Gasteiger partial charge in [0.15, 0.2) is 0 Å². The van der Waals surface area contributed by atoms with E-state index in [0.29, 0.717) is 12.5 Å². The summed E-state index contributed by atoms with van der Waals surface area (Å²) < 4.78 is 6.84. The largest absolute Gasteiger partial charge is 0.471 e. The molecule has 0 amide bonds. The van der Waals surface area contributed by atoms with Crippen molar-refractivity contribution in [2.45, 2.75) is 12.8 Å². The molecule has 7 nitrogen and oxygen atoms in total. The van der Waals surface area contributed by atoms with E-state index < -0.39 is 4.92 Å². The van der Waals surface area contributed by atoms with Crippen molar-refractivity contribution in [3.05, 3.63) is 16.3 Å². The fourth-order valence-electron chi connectivity index (χ4n) is 1.95. The Kier molecular flexibility index (Phi) is 3.58. The predicted molar refractivity (Wildman–Crippen MR) is 61.0 cm³/mol. The molecule has 0 saturated carbocycles. The lowest BCUT2D eigenvalue weighted by atomic mass is 10.0. The van der Waals surface area contributed by atoms with Gasteiger partial charge in [0.2, 0.25) is 0 Å². The number of ether oxygens (including phenoxy) is 1. The second kappa shape index (κ2) is 5.13. The molecule has 2 heterocycles. The lowest BCUT2D eigenvalue weighted by molar-refractivity contribution is -0.386. The fourth-order valence-corrected chi connectivity index (χ4v) is 1.95. The zero-order valence-electron chi connectivity index (χ0n) is 9.76. The number of nitro groups is 1. The first-order valence-corrected chi connectivity index (χ1v) is 5.68. The van der Waals surface area contributed by atoms with Crippen LogP contribution in [0.2, 0.25) is 0 Å². The van der Waals surface area contributed by atoms with Crippen LogP contribution in [-0.2, 0) is 7.05 Å². The van der Waals surface area contributed by atoms with Crippen LogP contribution in [0.15, 0.2) is 6.20 Å². The average molecular weight is 240 g/mol. The normalized spacial score (nSPS) is 20.2. The highest BCUT2D eigenvalue weighted by Crippen LogP contribution is 2.25. The van der Waals surface area contributed by atoms with E-state index in [1.54, 1.807) is 7.05 Å². The van der Waals surface area contributed by atoms with Crippen molar-refractivity contribution in [3.8, 4) is 5.88 Å². The molecule has 1 fully saturated rings. The average Bonchev–Trinajstić information content (AvgIpc) is 2.69. The summed E-state index contributed by atoms with van der Waals surface area (Å²) in [6, 6.07) is 0. The third kappa shape index (κ3) is 2.94. The predicted octanol–water partition coefficient (Wildman–Crippen LogP) is 0.707. The molecule has 94 valence electrons. The van der Waals surface area contributed by atoms with Crippen molar-refractivity contribution in [1.29, 1.82) is 0 Å². The molecule has 1 atom stereocenters. The first-order chi connectivity index (χ1) is 8.16. The minimum Gasteiger partial charge on any atom is -0.471 e. The lowest BCUT2D eigenvalue weighted by Gasteiger charge is -2.21. The van der Waals surface area contributed by atoms with Gasteiger partial charge in [0.1, 0.15) is 6.20 Å². The molecule has 1 aromatic rings. The second-order valence-corrected chi connectivity index (χ2v) is 4.27. The maximum Gasteiger partial charge on any atom is 0.350 e. The molecular formula is C10H16N4O3. The summed E-state index contributed by atoms with van der Waals surface area (Å²) in [5.74, 6) is 0.522. The highest BCUT2D eigenvalue weighted by atomic mass is 16.6.